The van der Waals surface area contributed by atoms with Crippen LogP contribution in [-0.2, 0) is 0 Å². The largest absolute Gasteiger partial charge is 0.490 e. The van der Waals surface area contributed by atoms with Gasteiger partial charge in [-0.05, 0) is 36.8 Å². The van der Waals surface area contributed by atoms with Crippen LogP contribution in [0.1, 0.15) is 15.9 Å². The molecule has 0 aliphatic carbocycles. The van der Waals surface area contributed by atoms with Crippen molar-refractivity contribution in [2.24, 2.45) is 0 Å². The average molecular weight is 304 g/mol. The van der Waals surface area contributed by atoms with Crippen molar-refractivity contribution in [3.63, 3.8) is 0 Å². The summed E-state index contributed by atoms with van der Waals surface area (Å²) in [6, 6.07) is 8.06. The first-order chi connectivity index (χ1) is 10.4. The highest BCUT2D eigenvalue weighted by Crippen LogP contribution is 2.28. The minimum absolute atomic E-state index is 0.0171. The third-order valence-electron chi connectivity index (χ3n) is 3.01. The zero-order valence-corrected chi connectivity index (χ0v) is 11.9. The summed E-state index contributed by atoms with van der Waals surface area (Å²) in [6.07, 6.45) is 0. The van der Waals surface area contributed by atoms with Gasteiger partial charge in [0, 0.05) is 11.6 Å². The maximum absolute atomic E-state index is 13.6. The summed E-state index contributed by atoms with van der Waals surface area (Å²) < 4.78 is 18.5. The van der Waals surface area contributed by atoms with Crippen LogP contribution in [0.2, 0.25) is 0 Å². The van der Waals surface area contributed by atoms with Crippen LogP contribution in [0.25, 0.3) is 0 Å². The molecule has 7 heteroatoms. The van der Waals surface area contributed by atoms with Crippen molar-refractivity contribution in [2.75, 3.05) is 12.4 Å². The van der Waals surface area contributed by atoms with Crippen LogP contribution < -0.4 is 10.1 Å². The molecule has 2 aromatic carbocycles. The predicted molar refractivity (Wildman–Crippen MR) is 78.7 cm³/mol. The molecule has 1 N–H and O–H groups in total. The van der Waals surface area contributed by atoms with E-state index in [4.69, 9.17) is 4.74 Å². The van der Waals surface area contributed by atoms with Crippen LogP contribution >= 0.6 is 0 Å². The second kappa shape index (κ2) is 6.21. The van der Waals surface area contributed by atoms with E-state index in [1.165, 1.54) is 31.4 Å². The Morgan fingerprint density at radius 2 is 2.00 bits per heavy atom. The average Bonchev–Trinajstić information content (AvgIpc) is 2.50. The van der Waals surface area contributed by atoms with Crippen molar-refractivity contribution < 1.29 is 18.8 Å². The molecule has 0 aliphatic heterocycles. The fourth-order valence-corrected chi connectivity index (χ4v) is 1.90. The summed E-state index contributed by atoms with van der Waals surface area (Å²) in [5.41, 5.74) is 0.495. The molecule has 0 aliphatic rings. The van der Waals surface area contributed by atoms with E-state index in [1.807, 2.05) is 0 Å². The lowest BCUT2D eigenvalue weighted by molar-refractivity contribution is -0.385. The van der Waals surface area contributed by atoms with E-state index in [0.717, 1.165) is 11.6 Å². The van der Waals surface area contributed by atoms with Crippen LogP contribution in [-0.4, -0.2) is 17.9 Å². The maximum atomic E-state index is 13.6. The molecule has 0 aromatic heterocycles. The standard InChI is InChI=1S/C15H13FN2O4/c1-9-3-5-11(16)12(7-9)17-15(19)10-4-6-14(22-2)13(8-10)18(20)21/h3-8H,1-2H3,(H,17,19). The number of benzene rings is 2. The number of nitro groups is 1. The van der Waals surface area contributed by atoms with Gasteiger partial charge in [0.25, 0.3) is 5.91 Å². The first-order valence-electron chi connectivity index (χ1n) is 6.32. The molecule has 2 aromatic rings. The highest BCUT2D eigenvalue weighted by molar-refractivity contribution is 6.05. The first kappa shape index (κ1) is 15.4. The fraction of sp³-hybridized carbons (Fsp3) is 0.133. The van der Waals surface area contributed by atoms with Crippen molar-refractivity contribution in [2.45, 2.75) is 6.92 Å². The summed E-state index contributed by atoms with van der Waals surface area (Å²) >= 11 is 0. The van der Waals surface area contributed by atoms with Crippen LogP contribution in [0.5, 0.6) is 5.75 Å². The fourth-order valence-electron chi connectivity index (χ4n) is 1.90. The molecule has 0 radical (unpaired) electrons. The predicted octanol–water partition coefficient (Wildman–Crippen LogP) is 3.30. The Morgan fingerprint density at radius 3 is 2.64 bits per heavy atom. The lowest BCUT2D eigenvalue weighted by Crippen LogP contribution is -2.13. The van der Waals surface area contributed by atoms with Crippen LogP contribution in [0, 0.1) is 22.9 Å². The minimum atomic E-state index is -0.650. The number of amides is 1. The molecular formula is C15H13FN2O4. The highest BCUT2D eigenvalue weighted by atomic mass is 19.1. The van der Waals surface area contributed by atoms with Crippen molar-refractivity contribution >= 4 is 17.3 Å². The third-order valence-corrected chi connectivity index (χ3v) is 3.01. The van der Waals surface area contributed by atoms with Crippen molar-refractivity contribution in [3.8, 4) is 5.75 Å². The minimum Gasteiger partial charge on any atom is -0.490 e. The number of hydrogen-bond donors (Lipinski definition) is 1. The molecule has 0 spiro atoms. The van der Waals surface area contributed by atoms with Gasteiger partial charge in [0.2, 0.25) is 0 Å². The topological polar surface area (TPSA) is 81.5 Å². The summed E-state index contributed by atoms with van der Waals surface area (Å²) in [5.74, 6) is -1.18. The third kappa shape index (κ3) is 3.20. The maximum Gasteiger partial charge on any atom is 0.311 e. The van der Waals surface area contributed by atoms with Crippen LogP contribution in [0.15, 0.2) is 36.4 Å². The Balaban J connectivity index is 2.32. The van der Waals surface area contributed by atoms with Gasteiger partial charge in [0.15, 0.2) is 5.75 Å². The first-order valence-corrected chi connectivity index (χ1v) is 6.32. The van der Waals surface area contributed by atoms with Gasteiger partial charge in [0.1, 0.15) is 5.82 Å². The Labute approximate surface area is 125 Å². The number of rotatable bonds is 4. The molecule has 0 fully saturated rings. The van der Waals surface area contributed by atoms with E-state index < -0.39 is 16.6 Å². The van der Waals surface area contributed by atoms with Gasteiger partial charge >= 0.3 is 5.69 Å². The second-order valence-electron chi connectivity index (χ2n) is 4.58. The summed E-state index contributed by atoms with van der Waals surface area (Å²) in [4.78, 5) is 22.4. The van der Waals surface area contributed by atoms with E-state index in [9.17, 15) is 19.3 Å². The zero-order valence-electron chi connectivity index (χ0n) is 11.9. The molecule has 6 nitrogen and oxygen atoms in total. The number of methoxy groups -OCH3 is 1. The summed E-state index contributed by atoms with van der Waals surface area (Å²) in [7, 11) is 1.30. The molecular weight excluding hydrogens is 291 g/mol. The number of ether oxygens (including phenoxy) is 1. The number of aryl methyl sites for hydroxylation is 1. The number of carbonyl (C=O) groups is 1. The van der Waals surface area contributed by atoms with Crippen LogP contribution in [0.4, 0.5) is 15.8 Å². The molecule has 0 saturated carbocycles. The lowest BCUT2D eigenvalue weighted by Gasteiger charge is -2.08. The normalized spacial score (nSPS) is 10.1. The van der Waals surface area contributed by atoms with Crippen molar-refractivity contribution in [1.82, 2.24) is 0 Å². The van der Waals surface area contributed by atoms with E-state index >= 15 is 0 Å². The Hall–Kier alpha value is -2.96. The molecule has 0 unspecified atom stereocenters. The van der Waals surface area contributed by atoms with Gasteiger partial charge in [-0.25, -0.2) is 4.39 Å². The van der Waals surface area contributed by atoms with Gasteiger partial charge in [-0.3, -0.25) is 14.9 Å². The smallest absolute Gasteiger partial charge is 0.311 e. The Kier molecular flexibility index (Phi) is 4.36. The molecule has 0 atom stereocenters. The number of halogens is 1. The lowest BCUT2D eigenvalue weighted by atomic mass is 10.1. The van der Waals surface area contributed by atoms with Gasteiger partial charge in [-0.2, -0.15) is 0 Å². The molecule has 0 saturated heterocycles. The number of anilines is 1. The van der Waals surface area contributed by atoms with Gasteiger partial charge in [-0.1, -0.05) is 6.07 Å². The quantitative estimate of drug-likeness (QED) is 0.694. The van der Waals surface area contributed by atoms with Gasteiger partial charge in [-0.15, -0.1) is 0 Å². The second-order valence-corrected chi connectivity index (χ2v) is 4.58. The van der Waals surface area contributed by atoms with E-state index in [2.05, 4.69) is 5.32 Å². The SMILES string of the molecule is COc1ccc(C(=O)Nc2cc(C)ccc2F)cc1[N+](=O)[O-]. The molecule has 2 rings (SSSR count). The molecule has 22 heavy (non-hydrogen) atoms. The van der Waals surface area contributed by atoms with E-state index in [1.54, 1.807) is 13.0 Å². The molecule has 1 amide bonds. The number of hydrogen-bond acceptors (Lipinski definition) is 4. The molecule has 0 heterocycles. The zero-order chi connectivity index (χ0) is 16.3. The number of carbonyl (C=O) groups excluding carboxylic acids is 1. The van der Waals surface area contributed by atoms with E-state index in [0.29, 0.717) is 0 Å². The Morgan fingerprint density at radius 1 is 1.27 bits per heavy atom. The Bertz CT molecular complexity index is 746. The molecule has 0 bridgehead atoms. The van der Waals surface area contributed by atoms with Gasteiger partial charge < -0.3 is 10.1 Å². The number of nitrogens with one attached hydrogen (secondary N) is 1. The number of nitrogens with zero attached hydrogens (tertiary/aromatic N) is 1. The highest BCUT2D eigenvalue weighted by Gasteiger charge is 2.18. The summed E-state index contributed by atoms with van der Waals surface area (Å²) in [6.45, 7) is 1.76. The van der Waals surface area contributed by atoms with E-state index in [-0.39, 0.29) is 22.7 Å². The van der Waals surface area contributed by atoms with Gasteiger partial charge in [0.05, 0.1) is 17.7 Å². The van der Waals surface area contributed by atoms with Crippen molar-refractivity contribution in [3.05, 3.63) is 63.5 Å². The number of nitro benzene ring substituents is 1. The molecule has 114 valence electrons. The van der Waals surface area contributed by atoms with Crippen molar-refractivity contribution in [1.29, 1.82) is 0 Å². The van der Waals surface area contributed by atoms with Crippen LogP contribution in [0.3, 0.4) is 0 Å². The summed E-state index contributed by atoms with van der Waals surface area (Å²) in [5, 5.41) is 13.3. The monoisotopic (exact) mass is 304 g/mol.